The maximum Gasteiger partial charge on any atom is 0.258 e. The summed E-state index contributed by atoms with van der Waals surface area (Å²) >= 11 is 0. The molecule has 2 atom stereocenters. The van der Waals surface area contributed by atoms with Crippen molar-refractivity contribution in [3.8, 4) is 17.2 Å². The second-order valence-electron chi connectivity index (χ2n) is 10.8. The Morgan fingerprint density at radius 1 is 1.05 bits per heavy atom. The second-order valence-corrected chi connectivity index (χ2v) is 12.5. The third-order valence-electron chi connectivity index (χ3n) is 7.85. The molecule has 41 heavy (non-hydrogen) atoms. The molecule has 0 spiro atoms. The number of fused-ring (bicyclic) bond motifs is 1. The molecule has 10 nitrogen and oxygen atoms in total. The highest BCUT2D eigenvalue weighted by Crippen LogP contribution is 2.47. The molecule has 4 rings (SSSR count). The zero-order valence-electron chi connectivity index (χ0n) is 24.4. The van der Waals surface area contributed by atoms with Crippen molar-refractivity contribution in [2.24, 2.45) is 0 Å². The van der Waals surface area contributed by atoms with Crippen LogP contribution in [0.2, 0.25) is 0 Å². The minimum absolute atomic E-state index is 0.0301. The van der Waals surface area contributed by atoms with E-state index in [4.69, 9.17) is 14.2 Å². The zero-order chi connectivity index (χ0) is 29.6. The molecule has 2 amide bonds. The van der Waals surface area contributed by atoms with Gasteiger partial charge in [-0.3, -0.25) is 19.2 Å². The van der Waals surface area contributed by atoms with Crippen molar-refractivity contribution in [3.05, 3.63) is 53.6 Å². The fourth-order valence-electron chi connectivity index (χ4n) is 5.67. The molecular weight excluding hydrogens is 546 g/mol. The number of benzene rings is 2. The molecule has 0 bridgehead atoms. The molecule has 0 saturated carbocycles. The number of nitrogens with one attached hydrogen (secondary N) is 1. The van der Waals surface area contributed by atoms with Crippen LogP contribution in [0, 0.1) is 0 Å². The number of methoxy groups -OCH3 is 1. The van der Waals surface area contributed by atoms with Crippen LogP contribution in [0.15, 0.2) is 42.5 Å². The molecule has 11 heteroatoms. The quantitative estimate of drug-likeness (QED) is 0.378. The Kier molecular flexibility index (Phi) is 9.80. The van der Waals surface area contributed by atoms with Gasteiger partial charge in [0.25, 0.3) is 5.91 Å². The first-order valence-electron chi connectivity index (χ1n) is 14.2. The number of carbonyl (C=O) groups excluding carboxylic acids is 2. The highest BCUT2D eigenvalue weighted by atomic mass is 32.2. The number of carbonyl (C=O) groups is 2. The van der Waals surface area contributed by atoms with Crippen molar-refractivity contribution in [2.45, 2.75) is 57.4 Å². The molecule has 2 heterocycles. The third kappa shape index (κ3) is 6.95. The van der Waals surface area contributed by atoms with Crippen molar-refractivity contribution < 1.29 is 32.2 Å². The van der Waals surface area contributed by atoms with Crippen molar-refractivity contribution >= 4 is 21.8 Å². The summed E-state index contributed by atoms with van der Waals surface area (Å²) in [6.07, 6.45) is 4.90. The number of hydrogen-bond acceptors (Lipinski definition) is 8. The number of amides is 2. The third-order valence-corrected chi connectivity index (χ3v) is 8.41. The first kappa shape index (κ1) is 30.6. The molecule has 0 radical (unpaired) electrons. The summed E-state index contributed by atoms with van der Waals surface area (Å²) < 4.78 is 43.4. The van der Waals surface area contributed by atoms with E-state index in [-0.39, 0.29) is 31.6 Å². The van der Waals surface area contributed by atoms with Crippen LogP contribution < -0.4 is 18.9 Å². The Labute approximate surface area is 243 Å². The predicted octanol–water partition coefficient (Wildman–Crippen LogP) is 3.61. The Balaban J connectivity index is 1.78. The lowest BCUT2D eigenvalue weighted by Crippen LogP contribution is -2.56. The van der Waals surface area contributed by atoms with Gasteiger partial charge in [-0.05, 0) is 60.6 Å². The SMILES string of the molecule is CCCCN(CCCC)C(=O)CN1CC(c2ccc3c(c2)OCO3)CC1(C(=O)NS(C)(=O)=O)c1ccc(OC)cc1. The van der Waals surface area contributed by atoms with Crippen LogP contribution in [-0.4, -0.2) is 76.4 Å². The van der Waals surface area contributed by atoms with Gasteiger partial charge in [-0.25, -0.2) is 8.42 Å². The van der Waals surface area contributed by atoms with E-state index < -0.39 is 21.5 Å². The number of rotatable bonds is 13. The summed E-state index contributed by atoms with van der Waals surface area (Å²) in [6.45, 7) is 5.93. The van der Waals surface area contributed by atoms with Gasteiger partial charge < -0.3 is 19.1 Å². The maximum absolute atomic E-state index is 14.1. The highest BCUT2D eigenvalue weighted by Gasteiger charge is 2.54. The number of sulfonamides is 1. The lowest BCUT2D eigenvalue weighted by molar-refractivity contribution is -0.137. The van der Waals surface area contributed by atoms with E-state index in [2.05, 4.69) is 18.6 Å². The van der Waals surface area contributed by atoms with Crippen LogP contribution in [-0.2, 0) is 25.2 Å². The van der Waals surface area contributed by atoms with Crippen LogP contribution in [0.1, 0.15) is 63.0 Å². The van der Waals surface area contributed by atoms with Crippen molar-refractivity contribution in [2.75, 3.05) is 46.3 Å². The Morgan fingerprint density at radius 3 is 2.32 bits per heavy atom. The summed E-state index contributed by atoms with van der Waals surface area (Å²) in [7, 11) is -2.33. The molecule has 1 fully saturated rings. The van der Waals surface area contributed by atoms with Crippen molar-refractivity contribution in [1.29, 1.82) is 0 Å². The van der Waals surface area contributed by atoms with Gasteiger partial charge in [0.15, 0.2) is 11.5 Å². The first-order chi connectivity index (χ1) is 19.6. The van der Waals surface area contributed by atoms with Gasteiger partial charge in [0.1, 0.15) is 11.3 Å². The summed E-state index contributed by atoms with van der Waals surface area (Å²) in [5.41, 5.74) is 0.0833. The van der Waals surface area contributed by atoms with E-state index in [1.165, 1.54) is 0 Å². The van der Waals surface area contributed by atoms with Crippen LogP contribution >= 0.6 is 0 Å². The fourth-order valence-corrected chi connectivity index (χ4v) is 6.18. The summed E-state index contributed by atoms with van der Waals surface area (Å²) in [4.78, 5) is 31.6. The van der Waals surface area contributed by atoms with Gasteiger partial charge in [-0.2, -0.15) is 0 Å². The number of unbranched alkanes of at least 4 members (excludes halogenated alkanes) is 2. The van der Waals surface area contributed by atoms with Gasteiger partial charge in [-0.15, -0.1) is 0 Å². The average Bonchev–Trinajstić information content (AvgIpc) is 3.57. The standard InChI is InChI=1S/C30H41N3O7S/c1-5-7-15-32(16-8-6-2)28(34)20-33-19-23(22-9-14-26-27(17-22)40-21-39-26)18-30(33,29(35)31-41(4,36)37)24-10-12-25(38-3)13-11-24/h9-14,17,23H,5-8,15-16,18-21H2,1-4H3,(H,31,35). The molecule has 0 aromatic heterocycles. The molecule has 0 aliphatic carbocycles. The summed E-state index contributed by atoms with van der Waals surface area (Å²) in [6, 6.07) is 12.7. The predicted molar refractivity (Wildman–Crippen MR) is 156 cm³/mol. The monoisotopic (exact) mass is 587 g/mol. The normalized spacial score (nSPS) is 20.1. The molecule has 224 valence electrons. The van der Waals surface area contributed by atoms with Gasteiger partial charge >= 0.3 is 0 Å². The smallest absolute Gasteiger partial charge is 0.258 e. The van der Waals surface area contributed by atoms with E-state index >= 15 is 0 Å². The molecule has 2 aliphatic rings. The molecular formula is C30H41N3O7S. The van der Waals surface area contributed by atoms with Gasteiger partial charge in [-0.1, -0.05) is 44.9 Å². The zero-order valence-corrected chi connectivity index (χ0v) is 25.2. The maximum atomic E-state index is 14.1. The van der Waals surface area contributed by atoms with Crippen LogP contribution in [0.5, 0.6) is 17.2 Å². The average molecular weight is 588 g/mol. The summed E-state index contributed by atoms with van der Waals surface area (Å²) in [5, 5.41) is 0. The molecule has 2 unspecified atom stereocenters. The molecule has 2 aromatic rings. The Bertz CT molecular complexity index is 1320. The lowest BCUT2D eigenvalue weighted by atomic mass is 9.82. The van der Waals surface area contributed by atoms with Crippen LogP contribution in [0.25, 0.3) is 0 Å². The van der Waals surface area contributed by atoms with Crippen molar-refractivity contribution in [1.82, 2.24) is 14.5 Å². The minimum Gasteiger partial charge on any atom is -0.497 e. The number of likely N-dealkylation sites (tertiary alicyclic amines) is 1. The minimum atomic E-state index is -3.88. The first-order valence-corrected chi connectivity index (χ1v) is 16.1. The second kappa shape index (κ2) is 13.1. The van der Waals surface area contributed by atoms with Gasteiger partial charge in [0, 0.05) is 19.6 Å². The Morgan fingerprint density at radius 2 is 1.71 bits per heavy atom. The fraction of sp³-hybridized carbons (Fsp3) is 0.533. The largest absolute Gasteiger partial charge is 0.497 e. The highest BCUT2D eigenvalue weighted by molar-refractivity contribution is 7.89. The topological polar surface area (TPSA) is 114 Å². The molecule has 2 aromatic carbocycles. The number of nitrogens with zero attached hydrogens (tertiary/aromatic N) is 2. The Hall–Kier alpha value is -3.31. The van der Waals surface area contributed by atoms with E-state index in [1.54, 1.807) is 31.4 Å². The van der Waals surface area contributed by atoms with Crippen LogP contribution in [0.3, 0.4) is 0 Å². The van der Waals surface area contributed by atoms with E-state index in [0.717, 1.165) is 37.5 Å². The van der Waals surface area contributed by atoms with Crippen LogP contribution in [0.4, 0.5) is 0 Å². The van der Waals surface area contributed by atoms with Gasteiger partial charge in [0.2, 0.25) is 22.7 Å². The van der Waals surface area contributed by atoms with E-state index in [9.17, 15) is 18.0 Å². The lowest BCUT2D eigenvalue weighted by Gasteiger charge is -2.38. The molecule has 1 N–H and O–H groups in total. The van der Waals surface area contributed by atoms with E-state index in [0.29, 0.717) is 42.4 Å². The number of hydrogen-bond donors (Lipinski definition) is 1. The van der Waals surface area contributed by atoms with Gasteiger partial charge in [0.05, 0.1) is 19.9 Å². The molecule has 2 aliphatic heterocycles. The number of ether oxygens (including phenoxy) is 3. The van der Waals surface area contributed by atoms with E-state index in [1.807, 2.05) is 28.0 Å². The van der Waals surface area contributed by atoms with Crippen molar-refractivity contribution in [3.63, 3.8) is 0 Å². The summed E-state index contributed by atoms with van der Waals surface area (Å²) in [5.74, 6) is 0.920. The molecule has 1 saturated heterocycles.